The van der Waals surface area contributed by atoms with Crippen LogP contribution in [-0.4, -0.2) is 26.7 Å². The molecule has 2 heterocycles. The minimum absolute atomic E-state index is 0.165. The van der Waals surface area contributed by atoms with Crippen LogP contribution in [0, 0.1) is 13.8 Å². The summed E-state index contributed by atoms with van der Waals surface area (Å²) in [4.78, 5) is 12.1. The lowest BCUT2D eigenvalue weighted by Crippen LogP contribution is -2.10. The number of nitrogens with two attached hydrogens (primary N) is 1. The van der Waals surface area contributed by atoms with Crippen LogP contribution in [0.3, 0.4) is 0 Å². The van der Waals surface area contributed by atoms with E-state index in [1.54, 1.807) is 13.8 Å². The number of anilines is 2. The second-order valence-electron chi connectivity index (χ2n) is 3.75. The van der Waals surface area contributed by atoms with Crippen LogP contribution in [0.4, 0.5) is 11.5 Å². The number of aryl methyl sites for hydroxylation is 2. The van der Waals surface area contributed by atoms with Gasteiger partial charge < -0.3 is 15.6 Å². The highest BCUT2D eigenvalue weighted by Crippen LogP contribution is 2.20. The Morgan fingerprint density at radius 3 is 2.72 bits per heavy atom. The molecule has 18 heavy (non-hydrogen) atoms. The topological polar surface area (TPSA) is 103 Å². The third-order valence-corrected chi connectivity index (χ3v) is 2.48. The van der Waals surface area contributed by atoms with Gasteiger partial charge in [-0.3, -0.25) is 0 Å². The highest BCUT2D eigenvalue weighted by Gasteiger charge is 2.08. The Morgan fingerprint density at radius 2 is 2.06 bits per heavy atom. The highest BCUT2D eigenvalue weighted by atomic mass is 35.5. The number of aromatic nitrogens is 4. The summed E-state index contributed by atoms with van der Waals surface area (Å²) in [6.07, 6.45) is 0.584. The summed E-state index contributed by atoms with van der Waals surface area (Å²) in [6, 6.07) is 0. The molecule has 0 saturated carbocycles. The zero-order valence-electron chi connectivity index (χ0n) is 10.1. The van der Waals surface area contributed by atoms with Crippen LogP contribution in [0.15, 0.2) is 4.52 Å². The molecule has 3 N–H and O–H groups in total. The number of nitrogen functional groups attached to an aromatic ring is 1. The van der Waals surface area contributed by atoms with Gasteiger partial charge in [-0.25, -0.2) is 4.98 Å². The number of halogens is 1. The van der Waals surface area contributed by atoms with E-state index < -0.39 is 0 Å². The Labute approximate surface area is 109 Å². The molecule has 96 valence electrons. The van der Waals surface area contributed by atoms with Crippen molar-refractivity contribution in [3.8, 4) is 0 Å². The van der Waals surface area contributed by atoms with Gasteiger partial charge in [-0.2, -0.15) is 9.97 Å². The summed E-state index contributed by atoms with van der Waals surface area (Å²) in [5, 5.41) is 6.93. The van der Waals surface area contributed by atoms with Crippen molar-refractivity contribution in [2.24, 2.45) is 0 Å². The second-order valence-corrected chi connectivity index (χ2v) is 4.09. The molecular formula is C10H13ClN6O. The maximum absolute atomic E-state index is 5.84. The maximum Gasteiger partial charge on any atom is 0.228 e. The van der Waals surface area contributed by atoms with Crippen LogP contribution in [-0.2, 0) is 6.42 Å². The molecule has 8 heteroatoms. The average molecular weight is 269 g/mol. The van der Waals surface area contributed by atoms with Gasteiger partial charge in [0.05, 0.1) is 11.4 Å². The molecule has 0 aliphatic carbocycles. The van der Waals surface area contributed by atoms with Crippen molar-refractivity contribution >= 4 is 23.1 Å². The first-order valence-corrected chi connectivity index (χ1v) is 5.76. The van der Waals surface area contributed by atoms with E-state index in [4.69, 9.17) is 21.9 Å². The molecule has 2 aromatic rings. The predicted octanol–water partition coefficient (Wildman–Crippen LogP) is 1.37. The first-order valence-electron chi connectivity index (χ1n) is 5.39. The minimum atomic E-state index is 0.165. The summed E-state index contributed by atoms with van der Waals surface area (Å²) >= 11 is 5.76. The Balaban J connectivity index is 1.98. The standard InChI is InChI=1S/C10H13ClN6O/c1-5-8(12)9(16-10(11)14-5)13-4-3-7-15-6(2)17-18-7/h3-4,12H2,1-2H3,(H,13,14,16). The van der Waals surface area contributed by atoms with Gasteiger partial charge in [0.1, 0.15) is 0 Å². The lowest BCUT2D eigenvalue weighted by Gasteiger charge is -2.08. The molecule has 0 aliphatic rings. The van der Waals surface area contributed by atoms with Gasteiger partial charge in [0.15, 0.2) is 11.6 Å². The van der Waals surface area contributed by atoms with Crippen molar-refractivity contribution in [2.75, 3.05) is 17.6 Å². The molecule has 2 aromatic heterocycles. The SMILES string of the molecule is Cc1noc(CCNc2nc(Cl)nc(C)c2N)n1. The Morgan fingerprint density at radius 1 is 1.28 bits per heavy atom. The van der Waals surface area contributed by atoms with Gasteiger partial charge in [-0.05, 0) is 25.4 Å². The minimum Gasteiger partial charge on any atom is -0.394 e. The van der Waals surface area contributed by atoms with Gasteiger partial charge in [-0.15, -0.1) is 0 Å². The van der Waals surface area contributed by atoms with Crippen molar-refractivity contribution in [1.29, 1.82) is 0 Å². The predicted molar refractivity (Wildman–Crippen MR) is 67.4 cm³/mol. The highest BCUT2D eigenvalue weighted by molar-refractivity contribution is 6.28. The largest absolute Gasteiger partial charge is 0.394 e. The molecule has 0 radical (unpaired) electrons. The molecule has 0 unspecified atom stereocenters. The maximum atomic E-state index is 5.84. The molecule has 0 amide bonds. The van der Waals surface area contributed by atoms with Gasteiger partial charge in [0, 0.05) is 13.0 Å². The molecule has 0 fully saturated rings. The zero-order chi connectivity index (χ0) is 13.1. The van der Waals surface area contributed by atoms with E-state index >= 15 is 0 Å². The van der Waals surface area contributed by atoms with Gasteiger partial charge >= 0.3 is 0 Å². The van der Waals surface area contributed by atoms with Crippen molar-refractivity contribution < 1.29 is 4.52 Å². The number of hydrogen-bond acceptors (Lipinski definition) is 7. The normalized spacial score (nSPS) is 10.6. The smallest absolute Gasteiger partial charge is 0.228 e. The number of hydrogen-bond donors (Lipinski definition) is 2. The van der Waals surface area contributed by atoms with E-state index in [0.717, 1.165) is 0 Å². The summed E-state index contributed by atoms with van der Waals surface area (Å²) in [5.41, 5.74) is 6.97. The van der Waals surface area contributed by atoms with Gasteiger partial charge in [0.2, 0.25) is 11.2 Å². The molecule has 0 aliphatic heterocycles. The summed E-state index contributed by atoms with van der Waals surface area (Å²) in [7, 11) is 0. The zero-order valence-corrected chi connectivity index (χ0v) is 10.8. The van der Waals surface area contributed by atoms with E-state index in [-0.39, 0.29) is 5.28 Å². The van der Waals surface area contributed by atoms with Crippen LogP contribution in [0.25, 0.3) is 0 Å². The van der Waals surface area contributed by atoms with Crippen LogP contribution < -0.4 is 11.1 Å². The Hall–Kier alpha value is -1.89. The molecule has 7 nitrogen and oxygen atoms in total. The molecule has 0 atom stereocenters. The van der Waals surface area contributed by atoms with Crippen molar-refractivity contribution in [3.05, 3.63) is 22.7 Å². The van der Waals surface area contributed by atoms with E-state index in [2.05, 4.69) is 25.4 Å². The van der Waals surface area contributed by atoms with E-state index in [9.17, 15) is 0 Å². The summed E-state index contributed by atoms with van der Waals surface area (Å²) < 4.78 is 4.99. The van der Waals surface area contributed by atoms with Crippen molar-refractivity contribution in [1.82, 2.24) is 20.1 Å². The molecule has 0 aromatic carbocycles. The molecular weight excluding hydrogens is 256 g/mol. The molecule has 0 saturated heterocycles. The number of rotatable bonds is 4. The molecule has 0 bridgehead atoms. The quantitative estimate of drug-likeness (QED) is 0.807. The Bertz CT molecular complexity index is 555. The van der Waals surface area contributed by atoms with Crippen LogP contribution >= 0.6 is 11.6 Å². The number of nitrogens with one attached hydrogen (secondary N) is 1. The van der Waals surface area contributed by atoms with E-state index in [1.807, 2.05) is 0 Å². The van der Waals surface area contributed by atoms with Crippen LogP contribution in [0.1, 0.15) is 17.4 Å². The summed E-state index contributed by atoms with van der Waals surface area (Å²) in [5.74, 6) is 1.70. The van der Waals surface area contributed by atoms with E-state index in [1.165, 1.54) is 0 Å². The fourth-order valence-electron chi connectivity index (χ4n) is 1.41. The summed E-state index contributed by atoms with van der Waals surface area (Å²) in [6.45, 7) is 4.11. The van der Waals surface area contributed by atoms with Crippen molar-refractivity contribution in [3.63, 3.8) is 0 Å². The lowest BCUT2D eigenvalue weighted by atomic mass is 10.3. The number of nitrogens with zero attached hydrogens (tertiary/aromatic N) is 4. The van der Waals surface area contributed by atoms with Crippen LogP contribution in [0.2, 0.25) is 5.28 Å². The van der Waals surface area contributed by atoms with Crippen LogP contribution in [0.5, 0.6) is 0 Å². The monoisotopic (exact) mass is 268 g/mol. The third kappa shape index (κ3) is 2.86. The van der Waals surface area contributed by atoms with Gasteiger partial charge in [-0.1, -0.05) is 5.16 Å². The first kappa shape index (κ1) is 12.6. The third-order valence-electron chi connectivity index (χ3n) is 2.31. The van der Waals surface area contributed by atoms with Crippen molar-refractivity contribution in [2.45, 2.75) is 20.3 Å². The van der Waals surface area contributed by atoms with Gasteiger partial charge in [0.25, 0.3) is 0 Å². The average Bonchev–Trinajstić information content (AvgIpc) is 2.71. The lowest BCUT2D eigenvalue weighted by molar-refractivity contribution is 0.377. The molecule has 0 spiro atoms. The second kappa shape index (κ2) is 5.18. The molecule has 2 rings (SSSR count). The van der Waals surface area contributed by atoms with E-state index in [0.29, 0.717) is 41.9 Å². The first-order chi connectivity index (χ1) is 8.56. The fraction of sp³-hybridized carbons (Fsp3) is 0.400. The Kier molecular flexibility index (Phi) is 3.61. The fourth-order valence-corrected chi connectivity index (χ4v) is 1.62.